The highest BCUT2D eigenvalue weighted by molar-refractivity contribution is 5.46. The molecular formula is C14H21N3O2. The van der Waals surface area contributed by atoms with Crippen LogP contribution in [0.15, 0.2) is 15.8 Å². The van der Waals surface area contributed by atoms with E-state index in [9.17, 15) is 9.59 Å². The van der Waals surface area contributed by atoms with Gasteiger partial charge in [0, 0.05) is 18.8 Å². The summed E-state index contributed by atoms with van der Waals surface area (Å²) in [5, 5.41) is 0. The van der Waals surface area contributed by atoms with Crippen molar-refractivity contribution in [2.24, 2.45) is 10.8 Å². The summed E-state index contributed by atoms with van der Waals surface area (Å²) in [6.07, 6.45) is 4.97. The summed E-state index contributed by atoms with van der Waals surface area (Å²) in [7, 11) is 0. The van der Waals surface area contributed by atoms with E-state index in [1.165, 1.54) is 6.42 Å². The number of aromatic amines is 2. The third-order valence-corrected chi connectivity index (χ3v) is 4.52. The van der Waals surface area contributed by atoms with Crippen molar-refractivity contribution >= 4 is 5.69 Å². The van der Waals surface area contributed by atoms with Crippen LogP contribution in [0.1, 0.15) is 40.0 Å². The average molecular weight is 263 g/mol. The summed E-state index contributed by atoms with van der Waals surface area (Å²) in [6, 6.07) is 0.403. The summed E-state index contributed by atoms with van der Waals surface area (Å²) >= 11 is 0. The van der Waals surface area contributed by atoms with Crippen LogP contribution in [0.4, 0.5) is 5.69 Å². The van der Waals surface area contributed by atoms with E-state index < -0.39 is 5.69 Å². The molecule has 1 aromatic heterocycles. The van der Waals surface area contributed by atoms with Crippen molar-refractivity contribution in [2.45, 2.75) is 46.1 Å². The van der Waals surface area contributed by atoms with Crippen molar-refractivity contribution in [1.82, 2.24) is 9.97 Å². The second-order valence-electron chi connectivity index (χ2n) is 7.30. The number of hydrogen-bond acceptors (Lipinski definition) is 3. The first-order valence-corrected chi connectivity index (χ1v) is 6.87. The molecule has 5 nitrogen and oxygen atoms in total. The molecule has 0 spiro atoms. The van der Waals surface area contributed by atoms with Crippen LogP contribution in [-0.2, 0) is 0 Å². The Morgan fingerprint density at radius 1 is 1.26 bits per heavy atom. The van der Waals surface area contributed by atoms with Crippen molar-refractivity contribution in [3.63, 3.8) is 0 Å². The molecule has 1 aliphatic carbocycles. The van der Waals surface area contributed by atoms with Crippen LogP contribution in [-0.4, -0.2) is 22.6 Å². The molecule has 19 heavy (non-hydrogen) atoms. The van der Waals surface area contributed by atoms with Gasteiger partial charge in [0.15, 0.2) is 0 Å². The zero-order valence-electron chi connectivity index (χ0n) is 11.7. The zero-order valence-corrected chi connectivity index (χ0v) is 11.7. The molecular weight excluding hydrogens is 242 g/mol. The molecule has 1 saturated carbocycles. The normalized spacial score (nSPS) is 32.6. The van der Waals surface area contributed by atoms with Crippen molar-refractivity contribution in [1.29, 1.82) is 0 Å². The fraction of sp³-hybridized carbons (Fsp3) is 0.714. The van der Waals surface area contributed by atoms with Gasteiger partial charge in [-0.3, -0.25) is 9.78 Å². The third kappa shape index (κ3) is 2.11. The van der Waals surface area contributed by atoms with Crippen LogP contribution in [0.3, 0.4) is 0 Å². The van der Waals surface area contributed by atoms with Gasteiger partial charge in [0.2, 0.25) is 0 Å². The molecule has 3 rings (SSSR count). The maximum Gasteiger partial charge on any atom is 0.325 e. The van der Waals surface area contributed by atoms with E-state index in [4.69, 9.17) is 0 Å². The molecule has 1 aromatic rings. The van der Waals surface area contributed by atoms with Crippen LogP contribution in [0.25, 0.3) is 0 Å². The minimum absolute atomic E-state index is 0.273. The highest BCUT2D eigenvalue weighted by Gasteiger charge is 2.50. The summed E-state index contributed by atoms with van der Waals surface area (Å²) in [4.78, 5) is 30.2. The highest BCUT2D eigenvalue weighted by Crippen LogP contribution is 2.52. The lowest BCUT2D eigenvalue weighted by molar-refractivity contribution is 0.136. The van der Waals surface area contributed by atoms with Crippen molar-refractivity contribution in [3.05, 3.63) is 27.0 Å². The number of nitrogens with one attached hydrogen (secondary N) is 2. The van der Waals surface area contributed by atoms with Gasteiger partial charge in [-0.1, -0.05) is 20.8 Å². The second-order valence-corrected chi connectivity index (χ2v) is 7.30. The highest BCUT2D eigenvalue weighted by atomic mass is 16.2. The Morgan fingerprint density at radius 2 is 2.00 bits per heavy atom. The number of aromatic nitrogens is 2. The summed E-state index contributed by atoms with van der Waals surface area (Å²) in [5.41, 5.74) is 0.474. The fourth-order valence-electron chi connectivity index (χ4n) is 4.36. The molecule has 0 unspecified atom stereocenters. The van der Waals surface area contributed by atoms with Gasteiger partial charge in [0.25, 0.3) is 5.56 Å². The Bertz CT molecular complexity index is 616. The minimum Gasteiger partial charge on any atom is -0.362 e. The maximum atomic E-state index is 12.0. The monoisotopic (exact) mass is 263 g/mol. The summed E-state index contributed by atoms with van der Waals surface area (Å²) in [5.74, 6) is 0. The predicted octanol–water partition coefficient (Wildman–Crippen LogP) is 1.47. The largest absolute Gasteiger partial charge is 0.362 e. The van der Waals surface area contributed by atoms with Gasteiger partial charge in [-0.15, -0.1) is 0 Å². The van der Waals surface area contributed by atoms with Gasteiger partial charge in [0.1, 0.15) is 5.69 Å². The average Bonchev–Trinajstić information content (AvgIpc) is 2.47. The number of fused-ring (bicyclic) bond motifs is 2. The quantitative estimate of drug-likeness (QED) is 0.806. The van der Waals surface area contributed by atoms with E-state index in [1.807, 2.05) is 0 Å². The van der Waals surface area contributed by atoms with E-state index in [2.05, 4.69) is 35.6 Å². The Hall–Kier alpha value is -1.52. The zero-order chi connectivity index (χ0) is 13.8. The first-order valence-electron chi connectivity index (χ1n) is 6.87. The van der Waals surface area contributed by atoms with Crippen LogP contribution in [0.2, 0.25) is 0 Å². The molecule has 2 fully saturated rings. The molecule has 2 atom stereocenters. The summed E-state index contributed by atoms with van der Waals surface area (Å²) < 4.78 is 0. The Morgan fingerprint density at radius 3 is 2.68 bits per heavy atom. The van der Waals surface area contributed by atoms with Crippen molar-refractivity contribution in [2.75, 3.05) is 11.4 Å². The fourth-order valence-corrected chi connectivity index (χ4v) is 4.36. The smallest absolute Gasteiger partial charge is 0.325 e. The first-order chi connectivity index (χ1) is 8.78. The standard InChI is InChI=1S/C14H21N3O2/c1-13(2)4-9-5-14(3,7-13)8-17(9)10-6-15-12(19)16-11(10)18/h6,9H,4-5,7-8H2,1-3H3,(H2,15,16,18,19)/t9-,14-/m0/s1. The lowest BCUT2D eigenvalue weighted by Gasteiger charge is -2.39. The summed E-state index contributed by atoms with van der Waals surface area (Å²) in [6.45, 7) is 7.81. The van der Waals surface area contributed by atoms with Gasteiger partial charge < -0.3 is 9.88 Å². The van der Waals surface area contributed by atoms with Crippen molar-refractivity contribution in [3.8, 4) is 0 Å². The van der Waals surface area contributed by atoms with E-state index in [1.54, 1.807) is 6.20 Å². The number of rotatable bonds is 1. The van der Waals surface area contributed by atoms with Crippen LogP contribution in [0, 0.1) is 10.8 Å². The van der Waals surface area contributed by atoms with Gasteiger partial charge in [-0.05, 0) is 30.1 Å². The third-order valence-electron chi connectivity index (χ3n) is 4.52. The maximum absolute atomic E-state index is 12.0. The van der Waals surface area contributed by atoms with Gasteiger partial charge in [-0.2, -0.15) is 0 Å². The lowest BCUT2D eigenvalue weighted by Crippen LogP contribution is -2.37. The molecule has 0 amide bonds. The topological polar surface area (TPSA) is 69.0 Å². The van der Waals surface area contributed by atoms with E-state index in [0.29, 0.717) is 17.1 Å². The van der Waals surface area contributed by atoms with Gasteiger partial charge in [0.05, 0.1) is 0 Å². The molecule has 2 aliphatic rings. The molecule has 2 bridgehead atoms. The van der Waals surface area contributed by atoms with Gasteiger partial charge in [-0.25, -0.2) is 4.79 Å². The second kappa shape index (κ2) is 3.74. The first kappa shape index (κ1) is 12.5. The van der Waals surface area contributed by atoms with Crippen LogP contribution >= 0.6 is 0 Å². The molecule has 1 saturated heterocycles. The number of hydrogen-bond donors (Lipinski definition) is 2. The predicted molar refractivity (Wildman–Crippen MR) is 74.6 cm³/mol. The van der Waals surface area contributed by atoms with E-state index in [0.717, 1.165) is 19.4 Å². The number of H-pyrrole nitrogens is 2. The molecule has 2 N–H and O–H groups in total. The Kier molecular flexibility index (Phi) is 2.46. The lowest BCUT2D eigenvalue weighted by atomic mass is 9.65. The number of nitrogens with zero attached hydrogens (tertiary/aromatic N) is 1. The van der Waals surface area contributed by atoms with Crippen LogP contribution in [0.5, 0.6) is 0 Å². The van der Waals surface area contributed by atoms with Crippen molar-refractivity contribution < 1.29 is 0 Å². The molecule has 1 aliphatic heterocycles. The SMILES string of the molecule is CC1(C)C[C@H]2C[C@](C)(CN2c2c[nH]c(=O)[nH]c2=O)C1. The minimum atomic E-state index is -0.442. The molecule has 104 valence electrons. The molecule has 2 heterocycles. The van der Waals surface area contributed by atoms with Crippen LogP contribution < -0.4 is 16.1 Å². The molecule has 0 aromatic carbocycles. The number of anilines is 1. The molecule has 0 radical (unpaired) electrons. The Balaban J connectivity index is 2.00. The molecule has 5 heteroatoms. The van der Waals surface area contributed by atoms with E-state index in [-0.39, 0.29) is 11.0 Å². The Labute approximate surface area is 112 Å². The van der Waals surface area contributed by atoms with E-state index >= 15 is 0 Å². The van der Waals surface area contributed by atoms with Gasteiger partial charge >= 0.3 is 5.69 Å².